The molecule has 2 rings (SSSR count). The molecule has 1 N–H and O–H groups in total. The zero-order chi connectivity index (χ0) is 13.0. The first-order valence-electron chi connectivity index (χ1n) is 5.91. The Balaban J connectivity index is 2.17. The van der Waals surface area contributed by atoms with Gasteiger partial charge in [-0.15, -0.1) is 0 Å². The summed E-state index contributed by atoms with van der Waals surface area (Å²) in [5.41, 5.74) is 0.973. The fourth-order valence-electron chi connectivity index (χ4n) is 1.52. The second-order valence-electron chi connectivity index (χ2n) is 4.26. The first-order valence-corrected chi connectivity index (χ1v) is 6.68. The van der Waals surface area contributed by atoms with Crippen LogP contribution in [-0.2, 0) is 6.42 Å². The normalized spacial score (nSPS) is 10.9. The Morgan fingerprint density at radius 3 is 2.78 bits per heavy atom. The number of para-hydroxylation sites is 1. The Morgan fingerprint density at radius 2 is 2.11 bits per heavy atom. The molecule has 0 aliphatic carbocycles. The van der Waals surface area contributed by atoms with Crippen molar-refractivity contribution in [3.63, 3.8) is 0 Å². The van der Waals surface area contributed by atoms with Gasteiger partial charge in [-0.2, -0.15) is 9.36 Å². The van der Waals surface area contributed by atoms with Gasteiger partial charge in [-0.25, -0.2) is 0 Å². The van der Waals surface area contributed by atoms with E-state index in [4.69, 9.17) is 9.84 Å². The van der Waals surface area contributed by atoms with Crippen LogP contribution < -0.4 is 4.74 Å². The van der Waals surface area contributed by atoms with Gasteiger partial charge >= 0.3 is 0 Å². The summed E-state index contributed by atoms with van der Waals surface area (Å²) in [5, 5.41) is 9.55. The number of aliphatic hydroxyl groups is 1. The fourth-order valence-corrected chi connectivity index (χ4v) is 2.21. The van der Waals surface area contributed by atoms with Crippen LogP contribution in [0.25, 0.3) is 0 Å². The maximum Gasteiger partial charge on any atom is 0.298 e. The molecule has 0 unspecified atom stereocenters. The molecule has 0 fully saturated rings. The number of benzene rings is 1. The summed E-state index contributed by atoms with van der Waals surface area (Å²) in [7, 11) is 0. The molecule has 0 atom stereocenters. The average Bonchev–Trinajstić information content (AvgIpc) is 2.81. The third-order valence-electron chi connectivity index (χ3n) is 2.49. The van der Waals surface area contributed by atoms with Crippen LogP contribution in [0, 0.1) is 0 Å². The van der Waals surface area contributed by atoms with Crippen molar-refractivity contribution in [2.45, 2.75) is 26.2 Å². The zero-order valence-corrected chi connectivity index (χ0v) is 11.3. The van der Waals surface area contributed by atoms with Crippen LogP contribution >= 0.6 is 11.5 Å². The summed E-state index contributed by atoms with van der Waals surface area (Å²) in [4.78, 5) is 4.33. The Labute approximate surface area is 110 Å². The van der Waals surface area contributed by atoms with Gasteiger partial charge in [0.15, 0.2) is 0 Å². The number of rotatable bonds is 5. The molecule has 0 amide bonds. The van der Waals surface area contributed by atoms with Gasteiger partial charge in [-0.3, -0.25) is 0 Å². The van der Waals surface area contributed by atoms with Crippen LogP contribution in [0.15, 0.2) is 24.3 Å². The lowest BCUT2D eigenvalue weighted by Crippen LogP contribution is -1.95. The third kappa shape index (κ3) is 3.05. The molecular formula is C13H16N2O2S. The summed E-state index contributed by atoms with van der Waals surface area (Å²) in [5.74, 6) is 1.83. The van der Waals surface area contributed by atoms with Crippen molar-refractivity contribution in [3.05, 3.63) is 35.7 Å². The van der Waals surface area contributed by atoms with Crippen molar-refractivity contribution >= 4 is 11.5 Å². The first-order chi connectivity index (χ1) is 8.70. The van der Waals surface area contributed by atoms with Crippen LogP contribution in [-0.4, -0.2) is 21.1 Å². The van der Waals surface area contributed by atoms with E-state index in [0.29, 0.717) is 17.5 Å². The molecule has 0 aliphatic rings. The molecule has 96 valence electrons. The highest BCUT2D eigenvalue weighted by Crippen LogP contribution is 2.28. The molecule has 1 aromatic carbocycles. The van der Waals surface area contributed by atoms with E-state index in [1.807, 2.05) is 38.1 Å². The highest BCUT2D eigenvalue weighted by molar-refractivity contribution is 7.07. The van der Waals surface area contributed by atoms with Crippen molar-refractivity contribution in [1.82, 2.24) is 9.36 Å². The van der Waals surface area contributed by atoms with Gasteiger partial charge in [0.2, 0.25) is 0 Å². The van der Waals surface area contributed by atoms with Crippen LogP contribution in [0.5, 0.6) is 10.9 Å². The number of hydrogen-bond acceptors (Lipinski definition) is 5. The van der Waals surface area contributed by atoms with E-state index >= 15 is 0 Å². The summed E-state index contributed by atoms with van der Waals surface area (Å²) >= 11 is 1.25. The number of aromatic nitrogens is 2. The quantitative estimate of drug-likeness (QED) is 0.902. The largest absolute Gasteiger partial charge is 0.430 e. The number of nitrogens with zero attached hydrogens (tertiary/aromatic N) is 2. The lowest BCUT2D eigenvalue weighted by Gasteiger charge is -2.07. The molecule has 18 heavy (non-hydrogen) atoms. The van der Waals surface area contributed by atoms with E-state index in [2.05, 4.69) is 9.36 Å². The molecule has 0 aliphatic heterocycles. The number of aliphatic hydroxyl groups excluding tert-OH is 1. The Hall–Kier alpha value is -1.46. The second kappa shape index (κ2) is 5.93. The monoisotopic (exact) mass is 264 g/mol. The van der Waals surface area contributed by atoms with Gasteiger partial charge in [0.1, 0.15) is 11.6 Å². The fraction of sp³-hybridized carbons (Fsp3) is 0.385. The van der Waals surface area contributed by atoms with E-state index in [-0.39, 0.29) is 6.61 Å². The van der Waals surface area contributed by atoms with Crippen LogP contribution in [0.4, 0.5) is 0 Å². The van der Waals surface area contributed by atoms with Crippen molar-refractivity contribution < 1.29 is 9.84 Å². The first kappa shape index (κ1) is 13.0. The minimum atomic E-state index is 0.105. The molecule has 0 radical (unpaired) electrons. The van der Waals surface area contributed by atoms with Gasteiger partial charge < -0.3 is 9.84 Å². The molecule has 0 bridgehead atoms. The molecule has 1 heterocycles. The molecule has 1 aromatic heterocycles. The smallest absolute Gasteiger partial charge is 0.298 e. The van der Waals surface area contributed by atoms with Gasteiger partial charge in [0.05, 0.1) is 0 Å². The number of hydrogen-bond donors (Lipinski definition) is 1. The van der Waals surface area contributed by atoms with Gasteiger partial charge in [0.25, 0.3) is 5.19 Å². The lowest BCUT2D eigenvalue weighted by molar-refractivity contribution is 0.298. The van der Waals surface area contributed by atoms with Crippen molar-refractivity contribution in [2.75, 3.05) is 6.61 Å². The van der Waals surface area contributed by atoms with E-state index in [1.54, 1.807) is 0 Å². The maximum absolute atomic E-state index is 9.01. The van der Waals surface area contributed by atoms with E-state index in [9.17, 15) is 0 Å². The summed E-state index contributed by atoms with van der Waals surface area (Å²) < 4.78 is 9.97. The summed E-state index contributed by atoms with van der Waals surface area (Å²) in [6.45, 7) is 4.20. The second-order valence-corrected chi connectivity index (χ2v) is 4.97. The third-order valence-corrected chi connectivity index (χ3v) is 3.10. The predicted octanol–water partition coefficient (Wildman–Crippen LogP) is 2.99. The standard InChI is InChI=1S/C13H16N2O2S/c1-9(2)12-14-13(18-15-12)17-11-6-4-3-5-10(11)7-8-16/h3-6,9,16H,7-8H2,1-2H3. The Bertz CT molecular complexity index is 511. The van der Waals surface area contributed by atoms with Crippen molar-refractivity contribution in [3.8, 4) is 10.9 Å². The Morgan fingerprint density at radius 1 is 1.33 bits per heavy atom. The lowest BCUT2D eigenvalue weighted by atomic mass is 10.1. The van der Waals surface area contributed by atoms with Crippen LogP contribution in [0.2, 0.25) is 0 Å². The summed E-state index contributed by atoms with van der Waals surface area (Å²) in [6.07, 6.45) is 0.575. The Kier molecular flexibility index (Phi) is 4.28. The number of ether oxygens (including phenoxy) is 1. The molecule has 0 saturated carbocycles. The van der Waals surface area contributed by atoms with Gasteiger partial charge in [0, 0.05) is 24.1 Å². The van der Waals surface area contributed by atoms with Crippen molar-refractivity contribution in [1.29, 1.82) is 0 Å². The molecular weight excluding hydrogens is 248 g/mol. The minimum Gasteiger partial charge on any atom is -0.430 e. The topological polar surface area (TPSA) is 55.2 Å². The van der Waals surface area contributed by atoms with Crippen molar-refractivity contribution in [2.24, 2.45) is 0 Å². The van der Waals surface area contributed by atoms with Crippen LogP contribution in [0.3, 0.4) is 0 Å². The van der Waals surface area contributed by atoms with Gasteiger partial charge in [-0.05, 0) is 18.1 Å². The molecule has 2 aromatic rings. The zero-order valence-electron chi connectivity index (χ0n) is 10.5. The van der Waals surface area contributed by atoms with Crippen LogP contribution in [0.1, 0.15) is 31.2 Å². The predicted molar refractivity (Wildman–Crippen MR) is 71.3 cm³/mol. The summed E-state index contributed by atoms with van der Waals surface area (Å²) in [6, 6.07) is 7.65. The average molecular weight is 264 g/mol. The molecule has 5 heteroatoms. The maximum atomic E-state index is 9.01. The molecule has 0 saturated heterocycles. The highest BCUT2D eigenvalue weighted by atomic mass is 32.1. The molecule has 0 spiro atoms. The van der Waals surface area contributed by atoms with E-state index in [1.165, 1.54) is 11.5 Å². The highest BCUT2D eigenvalue weighted by Gasteiger charge is 2.11. The van der Waals surface area contributed by atoms with Gasteiger partial charge in [-0.1, -0.05) is 32.0 Å². The minimum absolute atomic E-state index is 0.105. The molecule has 4 nitrogen and oxygen atoms in total. The van der Waals surface area contributed by atoms with E-state index in [0.717, 1.165) is 17.1 Å². The SMILES string of the molecule is CC(C)c1nsc(Oc2ccccc2CCO)n1. The van der Waals surface area contributed by atoms with E-state index < -0.39 is 0 Å².